The molecule has 0 aliphatic heterocycles. The van der Waals surface area contributed by atoms with Gasteiger partial charge in [0.2, 0.25) is 11.8 Å². The van der Waals surface area contributed by atoms with Crippen molar-refractivity contribution in [3.8, 4) is 0 Å². The van der Waals surface area contributed by atoms with Crippen LogP contribution >= 0.6 is 12.6 Å². The molecule has 2 atom stereocenters. The van der Waals surface area contributed by atoms with E-state index in [4.69, 9.17) is 10.2 Å². The molecule has 0 aromatic carbocycles. The summed E-state index contributed by atoms with van der Waals surface area (Å²) in [5, 5.41) is 22.4. The Balaban J connectivity index is 4.06. The maximum atomic E-state index is 12.2. The molecule has 0 aromatic heterocycles. The van der Waals surface area contributed by atoms with Crippen molar-refractivity contribution >= 4 is 42.2 Å². The van der Waals surface area contributed by atoms with Crippen molar-refractivity contribution in [3.63, 3.8) is 0 Å². The summed E-state index contributed by atoms with van der Waals surface area (Å²) in [6, 6.07) is -1.93. The number of hydrogen-bond acceptors (Lipinski definition) is 6. The minimum Gasteiger partial charge on any atom is -0.481 e. The summed E-state index contributed by atoms with van der Waals surface area (Å²) in [6.45, 7) is 1.37. The monoisotopic (exact) mass is 418 g/mol. The lowest BCUT2D eigenvalue weighted by atomic mass is 10.0. The molecule has 160 valence electrons. The van der Waals surface area contributed by atoms with Crippen LogP contribution in [0.1, 0.15) is 64.7 Å². The Hall–Kier alpha value is -2.10. The summed E-state index contributed by atoms with van der Waals surface area (Å²) >= 11 is 4.11. The average Bonchev–Trinajstić information content (AvgIpc) is 2.59. The highest BCUT2D eigenvalue weighted by Crippen LogP contribution is 2.10. The van der Waals surface area contributed by atoms with Gasteiger partial charge in [-0.05, 0) is 31.4 Å². The number of nitrogens with one attached hydrogen (secondary N) is 2. The van der Waals surface area contributed by atoms with E-state index in [2.05, 4.69) is 23.3 Å². The maximum absolute atomic E-state index is 12.2. The Labute approximate surface area is 170 Å². The third-order valence-corrected chi connectivity index (χ3v) is 4.32. The number of amides is 2. The van der Waals surface area contributed by atoms with Gasteiger partial charge >= 0.3 is 11.9 Å². The third kappa shape index (κ3) is 13.1. The van der Waals surface area contributed by atoms with Crippen LogP contribution in [0.3, 0.4) is 0 Å². The van der Waals surface area contributed by atoms with Crippen LogP contribution in [0.2, 0.25) is 0 Å². The molecule has 0 rings (SSSR count). The van der Waals surface area contributed by atoms with Gasteiger partial charge in [-0.2, -0.15) is 12.6 Å². The summed E-state index contributed by atoms with van der Waals surface area (Å²) in [5.41, 5.74) is 0. The first-order valence-electron chi connectivity index (χ1n) is 9.32. The second-order valence-electron chi connectivity index (χ2n) is 6.56. The highest BCUT2D eigenvalue weighted by molar-refractivity contribution is 7.80. The summed E-state index contributed by atoms with van der Waals surface area (Å²) in [5.74, 6) is -2.83. The molecule has 0 aromatic rings. The lowest BCUT2D eigenvalue weighted by Gasteiger charge is -2.16. The molecule has 0 fully saturated rings. The molecule has 9 nitrogen and oxygen atoms in total. The number of carbonyl (C=O) groups excluding carboxylic acids is 3. The first-order valence-corrected chi connectivity index (χ1v) is 9.95. The number of ketones is 1. The molecule has 4 N–H and O–H groups in total. The fourth-order valence-corrected chi connectivity index (χ4v) is 2.79. The number of rotatable bonds is 16. The summed E-state index contributed by atoms with van der Waals surface area (Å²) in [4.78, 5) is 56.6. The highest BCUT2D eigenvalue weighted by Gasteiger charge is 2.22. The summed E-state index contributed by atoms with van der Waals surface area (Å²) < 4.78 is 0. The van der Waals surface area contributed by atoms with Crippen molar-refractivity contribution in [1.29, 1.82) is 0 Å². The zero-order valence-corrected chi connectivity index (χ0v) is 17.0. The molecule has 2 amide bonds. The van der Waals surface area contributed by atoms with Crippen molar-refractivity contribution < 1.29 is 34.2 Å². The van der Waals surface area contributed by atoms with E-state index in [-0.39, 0.29) is 18.1 Å². The van der Waals surface area contributed by atoms with Crippen LogP contribution in [0.4, 0.5) is 0 Å². The second kappa shape index (κ2) is 14.9. The number of carbonyl (C=O) groups is 5. The molecule has 28 heavy (non-hydrogen) atoms. The zero-order chi connectivity index (χ0) is 21.5. The Morgan fingerprint density at radius 1 is 0.857 bits per heavy atom. The van der Waals surface area contributed by atoms with Crippen molar-refractivity contribution in [1.82, 2.24) is 10.6 Å². The van der Waals surface area contributed by atoms with Gasteiger partial charge < -0.3 is 20.8 Å². The van der Waals surface area contributed by atoms with Gasteiger partial charge in [0.25, 0.3) is 0 Å². The Kier molecular flexibility index (Phi) is 13.8. The van der Waals surface area contributed by atoms with Gasteiger partial charge in [-0.15, -0.1) is 0 Å². The zero-order valence-electron chi connectivity index (χ0n) is 16.1. The number of carboxylic acids is 2. The number of hydrogen-bond donors (Lipinski definition) is 5. The van der Waals surface area contributed by atoms with Crippen LogP contribution in [-0.2, 0) is 24.0 Å². The van der Waals surface area contributed by atoms with E-state index in [1.54, 1.807) is 0 Å². The minimum atomic E-state index is -1.44. The molecular formula is C18H30N2O7S. The van der Waals surface area contributed by atoms with Crippen molar-refractivity contribution in [2.24, 2.45) is 0 Å². The normalized spacial score (nSPS) is 12.6. The molecule has 0 bridgehead atoms. The molecule has 0 spiro atoms. The standard InChI is InChI=1S/C18H30N2O7S/c1-12(21)19-13(7-6-10-28)15(22)8-4-2-3-5-9-16(23)20-14(18(26)27)11-17(24)25/h13-14,28H,2-11H2,1H3,(H,19,21)(H,20,23)(H,24,25)(H,26,27). The Morgan fingerprint density at radius 3 is 1.96 bits per heavy atom. The number of thiol groups is 1. The predicted octanol–water partition coefficient (Wildman–Crippen LogP) is 1.15. The molecule has 2 unspecified atom stereocenters. The minimum absolute atomic E-state index is 0.0207. The van der Waals surface area contributed by atoms with E-state index in [0.29, 0.717) is 37.9 Å². The van der Waals surface area contributed by atoms with E-state index in [9.17, 15) is 24.0 Å². The predicted molar refractivity (Wildman–Crippen MR) is 105 cm³/mol. The molecular weight excluding hydrogens is 388 g/mol. The lowest BCUT2D eigenvalue weighted by molar-refractivity contribution is -0.147. The van der Waals surface area contributed by atoms with Gasteiger partial charge in [-0.25, -0.2) is 4.79 Å². The third-order valence-electron chi connectivity index (χ3n) is 4.01. The quantitative estimate of drug-likeness (QED) is 0.186. The number of carboxylic acid groups (broad SMARTS) is 2. The molecule has 0 aliphatic carbocycles. The van der Waals surface area contributed by atoms with E-state index in [1.165, 1.54) is 6.92 Å². The first-order chi connectivity index (χ1) is 13.2. The maximum Gasteiger partial charge on any atom is 0.326 e. The van der Waals surface area contributed by atoms with Crippen LogP contribution in [-0.4, -0.2) is 57.6 Å². The van der Waals surface area contributed by atoms with Gasteiger partial charge in [0.15, 0.2) is 5.78 Å². The topological polar surface area (TPSA) is 150 Å². The van der Waals surface area contributed by atoms with E-state index in [0.717, 1.165) is 12.8 Å². The fourth-order valence-electron chi connectivity index (χ4n) is 2.61. The van der Waals surface area contributed by atoms with Crippen molar-refractivity contribution in [2.75, 3.05) is 5.75 Å². The van der Waals surface area contributed by atoms with Crippen molar-refractivity contribution in [2.45, 2.75) is 76.8 Å². The van der Waals surface area contributed by atoms with E-state index >= 15 is 0 Å². The lowest BCUT2D eigenvalue weighted by Crippen LogP contribution is -2.42. The Bertz CT molecular complexity index is 554. The fraction of sp³-hybridized carbons (Fsp3) is 0.722. The van der Waals surface area contributed by atoms with E-state index in [1.807, 2.05) is 0 Å². The van der Waals surface area contributed by atoms with Crippen LogP contribution < -0.4 is 10.6 Å². The molecule has 0 aliphatic rings. The average molecular weight is 419 g/mol. The highest BCUT2D eigenvalue weighted by atomic mass is 32.1. The Morgan fingerprint density at radius 2 is 1.46 bits per heavy atom. The van der Waals surface area contributed by atoms with Crippen molar-refractivity contribution in [3.05, 3.63) is 0 Å². The largest absolute Gasteiger partial charge is 0.481 e. The molecule has 0 saturated carbocycles. The van der Waals surface area contributed by atoms with Gasteiger partial charge in [-0.1, -0.05) is 12.8 Å². The van der Waals surface area contributed by atoms with Gasteiger partial charge in [0, 0.05) is 19.8 Å². The summed E-state index contributed by atoms with van der Waals surface area (Å²) in [6.07, 6.45) is 3.58. The molecule has 0 saturated heterocycles. The van der Waals surface area contributed by atoms with Gasteiger partial charge in [0.05, 0.1) is 12.5 Å². The van der Waals surface area contributed by atoms with Crippen LogP contribution in [0.15, 0.2) is 0 Å². The number of aliphatic carboxylic acids is 2. The molecule has 0 radical (unpaired) electrons. The van der Waals surface area contributed by atoms with Gasteiger partial charge in [0.1, 0.15) is 6.04 Å². The SMILES string of the molecule is CC(=O)NC(CCCS)C(=O)CCCCCCC(=O)NC(CC(=O)O)C(=O)O. The number of unbranched alkanes of at least 4 members (excludes halogenated alkanes) is 3. The van der Waals surface area contributed by atoms with Crippen LogP contribution in [0.5, 0.6) is 0 Å². The number of Topliss-reactive ketones (excluding diaryl/α,β-unsaturated/α-hetero) is 1. The second-order valence-corrected chi connectivity index (χ2v) is 7.00. The smallest absolute Gasteiger partial charge is 0.326 e. The van der Waals surface area contributed by atoms with Crippen LogP contribution in [0.25, 0.3) is 0 Å². The molecule has 0 heterocycles. The molecule has 10 heteroatoms. The van der Waals surface area contributed by atoms with Crippen LogP contribution in [0, 0.1) is 0 Å². The van der Waals surface area contributed by atoms with E-state index < -0.39 is 36.4 Å². The van der Waals surface area contributed by atoms with Gasteiger partial charge in [-0.3, -0.25) is 19.2 Å². The first kappa shape index (κ1) is 25.9. The summed E-state index contributed by atoms with van der Waals surface area (Å²) in [7, 11) is 0.